The molecule has 3 heterocycles. The molecule has 21 heavy (non-hydrogen) atoms. The SMILES string of the molecule is Cc1cccnc1N(C)c1cccnc1N1CCOCC1. The Balaban J connectivity index is 1.96. The number of rotatable bonds is 3. The van der Waals surface area contributed by atoms with Gasteiger partial charge in [0.05, 0.1) is 18.9 Å². The molecule has 5 nitrogen and oxygen atoms in total. The summed E-state index contributed by atoms with van der Waals surface area (Å²) in [6.45, 7) is 5.33. The first kappa shape index (κ1) is 13.8. The lowest BCUT2D eigenvalue weighted by Crippen LogP contribution is -2.37. The van der Waals surface area contributed by atoms with E-state index in [0.717, 1.165) is 49.2 Å². The molecule has 1 fully saturated rings. The van der Waals surface area contributed by atoms with E-state index < -0.39 is 0 Å². The lowest BCUT2D eigenvalue weighted by Gasteiger charge is -2.31. The molecule has 0 aromatic carbocycles. The van der Waals surface area contributed by atoms with Gasteiger partial charge in [0.15, 0.2) is 5.82 Å². The first-order valence-electron chi connectivity index (χ1n) is 7.20. The molecule has 0 N–H and O–H groups in total. The van der Waals surface area contributed by atoms with E-state index in [4.69, 9.17) is 4.74 Å². The summed E-state index contributed by atoms with van der Waals surface area (Å²) >= 11 is 0. The molecule has 0 amide bonds. The largest absolute Gasteiger partial charge is 0.378 e. The van der Waals surface area contributed by atoms with Gasteiger partial charge in [-0.1, -0.05) is 6.07 Å². The normalized spacial score (nSPS) is 15.0. The highest BCUT2D eigenvalue weighted by Gasteiger charge is 2.19. The van der Waals surface area contributed by atoms with Crippen LogP contribution in [0.1, 0.15) is 5.56 Å². The molecular weight excluding hydrogens is 264 g/mol. The van der Waals surface area contributed by atoms with E-state index in [9.17, 15) is 0 Å². The predicted octanol–water partition coefficient (Wildman–Crippen LogP) is 2.39. The quantitative estimate of drug-likeness (QED) is 0.865. The predicted molar refractivity (Wildman–Crippen MR) is 84.3 cm³/mol. The van der Waals surface area contributed by atoms with Gasteiger partial charge in [-0.2, -0.15) is 0 Å². The van der Waals surface area contributed by atoms with Crippen molar-refractivity contribution in [2.75, 3.05) is 43.2 Å². The number of morpholine rings is 1. The number of aryl methyl sites for hydroxylation is 1. The van der Waals surface area contributed by atoms with E-state index in [-0.39, 0.29) is 0 Å². The van der Waals surface area contributed by atoms with Crippen LogP contribution in [0.4, 0.5) is 17.3 Å². The molecular formula is C16H20N4O. The lowest BCUT2D eigenvalue weighted by molar-refractivity contribution is 0.122. The molecule has 1 aliphatic rings. The number of hydrogen-bond acceptors (Lipinski definition) is 5. The van der Waals surface area contributed by atoms with Crippen molar-refractivity contribution in [1.29, 1.82) is 0 Å². The van der Waals surface area contributed by atoms with E-state index in [1.165, 1.54) is 0 Å². The molecule has 5 heteroatoms. The zero-order valence-corrected chi connectivity index (χ0v) is 12.5. The van der Waals surface area contributed by atoms with E-state index in [1.807, 2.05) is 31.6 Å². The summed E-state index contributed by atoms with van der Waals surface area (Å²) in [5.41, 5.74) is 2.22. The molecule has 2 aromatic heterocycles. The van der Waals surface area contributed by atoms with Crippen LogP contribution in [0.25, 0.3) is 0 Å². The number of anilines is 3. The number of nitrogens with zero attached hydrogens (tertiary/aromatic N) is 4. The second-order valence-corrected chi connectivity index (χ2v) is 5.15. The fourth-order valence-electron chi connectivity index (χ4n) is 2.61. The smallest absolute Gasteiger partial charge is 0.152 e. The van der Waals surface area contributed by atoms with Crippen LogP contribution in [-0.4, -0.2) is 43.3 Å². The molecule has 110 valence electrons. The van der Waals surface area contributed by atoms with Crippen LogP contribution < -0.4 is 9.80 Å². The molecule has 1 aliphatic heterocycles. The highest BCUT2D eigenvalue weighted by atomic mass is 16.5. The Morgan fingerprint density at radius 1 is 1.10 bits per heavy atom. The molecule has 0 atom stereocenters. The van der Waals surface area contributed by atoms with Gasteiger partial charge >= 0.3 is 0 Å². The summed E-state index contributed by atoms with van der Waals surface area (Å²) in [5, 5.41) is 0. The van der Waals surface area contributed by atoms with Crippen LogP contribution in [0.5, 0.6) is 0 Å². The summed E-state index contributed by atoms with van der Waals surface area (Å²) in [5.74, 6) is 1.95. The average molecular weight is 284 g/mol. The molecule has 1 saturated heterocycles. The summed E-state index contributed by atoms with van der Waals surface area (Å²) in [4.78, 5) is 13.5. The summed E-state index contributed by atoms with van der Waals surface area (Å²) in [6.07, 6.45) is 3.66. The van der Waals surface area contributed by atoms with Crippen molar-refractivity contribution in [3.8, 4) is 0 Å². The molecule has 0 saturated carbocycles. The minimum Gasteiger partial charge on any atom is -0.378 e. The number of aromatic nitrogens is 2. The summed E-state index contributed by atoms with van der Waals surface area (Å²) in [6, 6.07) is 8.09. The fraction of sp³-hybridized carbons (Fsp3) is 0.375. The van der Waals surface area contributed by atoms with Crippen LogP contribution in [0, 0.1) is 6.92 Å². The maximum absolute atomic E-state index is 5.43. The van der Waals surface area contributed by atoms with Gasteiger partial charge in [-0.05, 0) is 30.7 Å². The van der Waals surface area contributed by atoms with Crippen LogP contribution in [0.15, 0.2) is 36.7 Å². The van der Waals surface area contributed by atoms with Gasteiger partial charge < -0.3 is 14.5 Å². The lowest BCUT2D eigenvalue weighted by atomic mass is 10.2. The monoisotopic (exact) mass is 284 g/mol. The Bertz CT molecular complexity index is 611. The van der Waals surface area contributed by atoms with Crippen LogP contribution in [-0.2, 0) is 4.74 Å². The Morgan fingerprint density at radius 3 is 2.57 bits per heavy atom. The first-order valence-corrected chi connectivity index (χ1v) is 7.20. The Kier molecular flexibility index (Phi) is 4.01. The number of hydrogen-bond donors (Lipinski definition) is 0. The minimum atomic E-state index is 0.752. The van der Waals surface area contributed by atoms with Gasteiger partial charge in [0.2, 0.25) is 0 Å². The third kappa shape index (κ3) is 2.83. The number of pyridine rings is 2. The van der Waals surface area contributed by atoms with Gasteiger partial charge in [-0.25, -0.2) is 9.97 Å². The molecule has 3 rings (SSSR count). The van der Waals surface area contributed by atoms with E-state index in [2.05, 4.69) is 38.8 Å². The zero-order valence-electron chi connectivity index (χ0n) is 12.5. The maximum atomic E-state index is 5.43. The van der Waals surface area contributed by atoms with E-state index in [0.29, 0.717) is 0 Å². The van der Waals surface area contributed by atoms with Crippen molar-refractivity contribution in [3.05, 3.63) is 42.2 Å². The van der Waals surface area contributed by atoms with Crippen molar-refractivity contribution in [3.63, 3.8) is 0 Å². The second kappa shape index (κ2) is 6.10. The van der Waals surface area contributed by atoms with Gasteiger partial charge in [0.1, 0.15) is 5.82 Å². The highest BCUT2D eigenvalue weighted by Crippen LogP contribution is 2.31. The van der Waals surface area contributed by atoms with Crippen molar-refractivity contribution in [1.82, 2.24) is 9.97 Å². The van der Waals surface area contributed by atoms with Gasteiger partial charge in [0.25, 0.3) is 0 Å². The van der Waals surface area contributed by atoms with Gasteiger partial charge in [-0.15, -0.1) is 0 Å². The second-order valence-electron chi connectivity index (χ2n) is 5.15. The third-order valence-corrected chi connectivity index (χ3v) is 3.74. The van der Waals surface area contributed by atoms with Crippen molar-refractivity contribution in [2.24, 2.45) is 0 Å². The fourth-order valence-corrected chi connectivity index (χ4v) is 2.61. The van der Waals surface area contributed by atoms with E-state index in [1.54, 1.807) is 0 Å². The first-order chi connectivity index (χ1) is 10.3. The Labute approximate surface area is 125 Å². The minimum absolute atomic E-state index is 0.752. The molecule has 0 radical (unpaired) electrons. The topological polar surface area (TPSA) is 41.5 Å². The molecule has 0 aliphatic carbocycles. The third-order valence-electron chi connectivity index (χ3n) is 3.74. The van der Waals surface area contributed by atoms with Crippen molar-refractivity contribution in [2.45, 2.75) is 6.92 Å². The van der Waals surface area contributed by atoms with Crippen molar-refractivity contribution >= 4 is 17.3 Å². The molecule has 0 unspecified atom stereocenters. The van der Waals surface area contributed by atoms with Gasteiger partial charge in [0, 0.05) is 32.5 Å². The Morgan fingerprint density at radius 2 is 1.81 bits per heavy atom. The van der Waals surface area contributed by atoms with Gasteiger partial charge in [-0.3, -0.25) is 0 Å². The van der Waals surface area contributed by atoms with E-state index >= 15 is 0 Å². The zero-order chi connectivity index (χ0) is 14.7. The average Bonchev–Trinajstić information content (AvgIpc) is 2.55. The highest BCUT2D eigenvalue weighted by molar-refractivity contribution is 5.73. The van der Waals surface area contributed by atoms with Crippen molar-refractivity contribution < 1.29 is 4.74 Å². The standard InChI is InChI=1S/C16H20N4O/c1-13-5-3-7-17-15(13)19(2)14-6-4-8-18-16(14)20-9-11-21-12-10-20/h3-8H,9-12H2,1-2H3. The van der Waals surface area contributed by atoms with Crippen LogP contribution >= 0.6 is 0 Å². The maximum Gasteiger partial charge on any atom is 0.152 e. The molecule has 2 aromatic rings. The molecule has 0 bridgehead atoms. The van der Waals surface area contributed by atoms with Crippen LogP contribution in [0.3, 0.4) is 0 Å². The van der Waals surface area contributed by atoms with Crippen LogP contribution in [0.2, 0.25) is 0 Å². The summed E-state index contributed by atoms with van der Waals surface area (Å²) in [7, 11) is 2.04. The summed E-state index contributed by atoms with van der Waals surface area (Å²) < 4.78 is 5.43. The molecule has 0 spiro atoms. The number of ether oxygens (including phenoxy) is 1. The Hall–Kier alpha value is -2.14.